The lowest BCUT2D eigenvalue weighted by Crippen LogP contribution is -2.41. The summed E-state index contributed by atoms with van der Waals surface area (Å²) in [6.07, 6.45) is 2.39. The fraction of sp³-hybridized carbons (Fsp3) is 0.303. The Balaban J connectivity index is 0.000000285. The van der Waals surface area contributed by atoms with E-state index in [1.165, 1.54) is 87.8 Å². The molecule has 0 saturated heterocycles. The van der Waals surface area contributed by atoms with Crippen molar-refractivity contribution in [1.82, 2.24) is 31.9 Å². The number of unbranched alkanes of at least 4 members (excludes halogenated alkanes) is 3. The number of aromatic hydroxyl groups is 5. The highest BCUT2D eigenvalue weighted by molar-refractivity contribution is 7.80. The number of hydrogen-bond donors (Lipinski definition) is 16. The number of carboxylic acid groups (broad SMARTS) is 2. The summed E-state index contributed by atoms with van der Waals surface area (Å²) in [5.74, 6) is -8.37. The third-order valence-corrected chi connectivity index (χ3v) is 17.2. The molecule has 16 N–H and O–H groups in total. The maximum Gasteiger partial charge on any atom is 0.488 e. The molecule has 118 heavy (non-hydrogen) atoms. The van der Waals surface area contributed by atoms with Crippen LogP contribution in [0.4, 0.5) is 33.2 Å². The number of amides is 5. The van der Waals surface area contributed by atoms with Gasteiger partial charge in [-0.2, -0.15) is 0 Å². The maximum atomic E-state index is 12.6. The van der Waals surface area contributed by atoms with Crippen LogP contribution in [0.3, 0.4) is 0 Å². The highest BCUT2D eigenvalue weighted by Gasteiger charge is 2.32. The van der Waals surface area contributed by atoms with Gasteiger partial charge in [-0.1, -0.05) is 6.07 Å². The molecule has 8 rings (SSSR count). The SMILES string of the molecule is CN(C)c1c([N+](=O)[O-])cc(C(=O)NCCCC[C@H](NC(=O)c2cc(B(O)O)cc([N+](=O)[O-])c2)C(=O)O)cc1[N+](=O)[O-].COC(=O)C(CCCCNC(=O)OC(C)(C)C)NC(=O)c1ccc(O)c(O)c1.COC(=O)C(CCCCNC(=S)Nc1ccc(-c2c3ccc(=O)cc-3oc3cc(O)ccc23)c(C(=O)O)c1)NC(=O)c1ccc(O)c(O)c1. The number of nitro groups is 3. The third kappa shape index (κ3) is 26.9. The van der Waals surface area contributed by atoms with E-state index in [4.69, 9.17) is 30.8 Å². The number of nitrogens with one attached hydrogen (secondary N) is 7. The first kappa shape index (κ1) is 92.6. The van der Waals surface area contributed by atoms with Crippen LogP contribution in [0.5, 0.6) is 28.7 Å². The number of carbonyl (C=O) groups is 9. The number of hydrogen-bond acceptors (Lipinski definition) is 29. The van der Waals surface area contributed by atoms with Crippen LogP contribution >= 0.6 is 12.2 Å². The van der Waals surface area contributed by atoms with Gasteiger partial charge in [0.2, 0.25) is 0 Å². The summed E-state index contributed by atoms with van der Waals surface area (Å²) in [7, 11) is 3.06. The molecular formula is C76H84BN11O29S. The van der Waals surface area contributed by atoms with Gasteiger partial charge in [0.05, 0.1) is 40.1 Å². The molecule has 1 heterocycles. The molecule has 0 spiro atoms. The lowest BCUT2D eigenvalue weighted by Gasteiger charge is -2.20. The first-order chi connectivity index (χ1) is 55.6. The van der Waals surface area contributed by atoms with Gasteiger partial charge >= 0.3 is 37.1 Å². The van der Waals surface area contributed by atoms with Crippen molar-refractivity contribution in [2.75, 3.05) is 58.2 Å². The molecule has 2 aliphatic rings. The first-order valence-electron chi connectivity index (χ1n) is 35.6. The van der Waals surface area contributed by atoms with Crippen molar-refractivity contribution in [2.24, 2.45) is 0 Å². The molecule has 1 aliphatic carbocycles. The van der Waals surface area contributed by atoms with Crippen molar-refractivity contribution in [2.45, 2.75) is 102 Å². The Morgan fingerprint density at radius 2 is 1.05 bits per heavy atom. The van der Waals surface area contributed by atoms with E-state index in [1.54, 1.807) is 45.0 Å². The summed E-state index contributed by atoms with van der Waals surface area (Å²) in [5.41, 5.74) is -1.91. The quantitative estimate of drug-likeness (QED) is 0.00231. The summed E-state index contributed by atoms with van der Waals surface area (Å²) in [6, 6.07) is 21.8. The minimum absolute atomic E-state index is 0.0423. The number of fused-ring (bicyclic) bond motifs is 2. The predicted molar refractivity (Wildman–Crippen MR) is 427 cm³/mol. The number of benzene rings is 7. The number of rotatable bonds is 33. The van der Waals surface area contributed by atoms with Gasteiger partial charge < -0.3 is 107 Å². The number of phenolic OH excluding ortho intramolecular Hbond substituents is 5. The largest absolute Gasteiger partial charge is 0.508 e. The van der Waals surface area contributed by atoms with Crippen molar-refractivity contribution in [3.05, 3.63) is 190 Å². The van der Waals surface area contributed by atoms with E-state index in [1.807, 2.05) is 0 Å². The van der Waals surface area contributed by atoms with Crippen LogP contribution in [-0.4, -0.2) is 198 Å². The Morgan fingerprint density at radius 1 is 0.551 bits per heavy atom. The summed E-state index contributed by atoms with van der Waals surface area (Å²) in [6.45, 7) is 6.02. The predicted octanol–water partition coefficient (Wildman–Crippen LogP) is 6.81. The van der Waals surface area contributed by atoms with Crippen molar-refractivity contribution in [1.29, 1.82) is 0 Å². The number of phenols is 5. The van der Waals surface area contributed by atoms with Gasteiger partial charge in [0.25, 0.3) is 40.7 Å². The molecule has 626 valence electrons. The summed E-state index contributed by atoms with van der Waals surface area (Å²) in [5, 5.41) is 139. The number of non-ortho nitro benzene ring substituents is 1. The highest BCUT2D eigenvalue weighted by atomic mass is 32.1. The number of alkyl carbamates (subject to hydrolysis) is 1. The summed E-state index contributed by atoms with van der Waals surface area (Å²) < 4.78 is 20.5. The van der Waals surface area contributed by atoms with E-state index in [0.717, 1.165) is 42.5 Å². The molecule has 40 nitrogen and oxygen atoms in total. The highest BCUT2D eigenvalue weighted by Crippen LogP contribution is 2.43. The fourth-order valence-corrected chi connectivity index (χ4v) is 11.6. The standard InChI is InChI=1S/C35H31N3O10S.C22H25BN6O12.C19H28N2O7/c1-47-34(46)26(38-32(43)18-5-12-27(41)28(42)14-18)4-2-3-13-36-35(49)37-19-6-9-22(25(15-19)33(44)45)31-23-10-7-20(39)16-29(23)48-30-17-21(40)8-11-24(30)31;1-26(2)19-17(28(38)39)9-13(10-18(19)29(40)41)20(30)24-6-4-3-5-16(22(32)33)25-21(31)12-7-14(23(34)35)11-15(8-12)27(36)37;1-19(2,3)28-18(26)20-10-6-5-7-13(17(25)27-4)21-16(24)12-8-9-14(22)15(23)11-12/h5-12,14-17,26,39,41-42H,2-4,13H2,1H3,(H,38,43)(H,44,45)(H2,36,37,49);7-11,16,34-35H,3-6H2,1-2H3,(H,24,30)(H,25,31)(H,32,33);8-9,11,13,22-23H,5-7,10H2,1-4H3,(H,20,26)(H,21,24)/t;16-;/m.0./s1. The van der Waals surface area contributed by atoms with Crippen LogP contribution in [0, 0.1) is 30.3 Å². The Hall–Kier alpha value is -14.3. The number of carboxylic acids is 2. The topological polar surface area (TPSA) is 610 Å². The number of esters is 2. The lowest BCUT2D eigenvalue weighted by atomic mass is 9.79. The molecule has 1 aliphatic heterocycles. The van der Waals surface area contributed by atoms with Crippen molar-refractivity contribution < 1.29 is 122 Å². The Kier molecular flexibility index (Phi) is 33.5. The Labute approximate surface area is 675 Å². The first-order valence-corrected chi connectivity index (χ1v) is 36.0. The Bertz CT molecular complexity index is 5100. The normalized spacial score (nSPS) is 11.5. The number of anilines is 2. The van der Waals surface area contributed by atoms with Crippen LogP contribution < -0.4 is 53.0 Å². The number of methoxy groups -OCH3 is 2. The van der Waals surface area contributed by atoms with Crippen LogP contribution in [0.15, 0.2) is 131 Å². The van der Waals surface area contributed by atoms with Crippen molar-refractivity contribution >= 4 is 123 Å². The number of ether oxygens (including phenoxy) is 3. The second-order valence-electron chi connectivity index (χ2n) is 27.0. The van der Waals surface area contributed by atoms with Crippen LogP contribution in [0.1, 0.15) is 130 Å². The van der Waals surface area contributed by atoms with Crippen molar-refractivity contribution in [3.63, 3.8) is 0 Å². The summed E-state index contributed by atoms with van der Waals surface area (Å²) >= 11 is 5.41. The fourth-order valence-electron chi connectivity index (χ4n) is 11.4. The number of aromatic carboxylic acids is 1. The van der Waals surface area contributed by atoms with Gasteiger partial charge in [0.1, 0.15) is 40.8 Å². The minimum atomic E-state index is -2.12. The minimum Gasteiger partial charge on any atom is -0.508 e. The van der Waals surface area contributed by atoms with Gasteiger partial charge in [0.15, 0.2) is 39.2 Å². The molecule has 0 saturated carbocycles. The molecule has 0 fully saturated rings. The zero-order valence-electron chi connectivity index (χ0n) is 64.2. The maximum absolute atomic E-state index is 12.6. The van der Waals surface area contributed by atoms with Gasteiger partial charge in [0, 0.05) is 109 Å². The van der Waals surface area contributed by atoms with E-state index in [-0.39, 0.29) is 110 Å². The second kappa shape index (κ2) is 42.7. The van der Waals surface area contributed by atoms with E-state index >= 15 is 0 Å². The van der Waals surface area contributed by atoms with Gasteiger partial charge in [-0.3, -0.25) is 54.3 Å². The summed E-state index contributed by atoms with van der Waals surface area (Å²) in [4.78, 5) is 154. The van der Waals surface area contributed by atoms with Crippen molar-refractivity contribution in [3.8, 4) is 51.2 Å². The molecule has 6 aromatic rings. The van der Waals surface area contributed by atoms with Crippen LogP contribution in [-0.2, 0) is 28.6 Å². The number of carbonyl (C=O) groups excluding carboxylic acids is 7. The number of aliphatic carboxylic acids is 1. The van der Waals surface area contributed by atoms with E-state index in [2.05, 4.69) is 37.2 Å². The monoisotopic (exact) mass is 1660 g/mol. The van der Waals surface area contributed by atoms with Gasteiger partial charge in [-0.05, 0) is 181 Å². The van der Waals surface area contributed by atoms with E-state index < -0.39 is 128 Å². The second-order valence-corrected chi connectivity index (χ2v) is 27.4. The zero-order chi connectivity index (χ0) is 87.6. The average molecular weight is 1660 g/mol. The third-order valence-electron chi connectivity index (χ3n) is 17.0. The average Bonchev–Trinajstić information content (AvgIpc) is 0.749. The molecule has 42 heteroatoms. The molecule has 3 atom stereocenters. The molecule has 5 amide bonds. The molecule has 0 bridgehead atoms. The molecule has 0 radical (unpaired) electrons. The zero-order valence-corrected chi connectivity index (χ0v) is 65.0. The van der Waals surface area contributed by atoms with Crippen LogP contribution in [0.25, 0.3) is 33.4 Å². The smallest absolute Gasteiger partial charge is 0.488 e. The molecule has 6 aromatic carbocycles. The number of thiocarbonyl (C=S) groups is 1. The number of nitro benzene ring substituents is 3. The lowest BCUT2D eigenvalue weighted by molar-refractivity contribution is -0.392. The van der Waals surface area contributed by atoms with Gasteiger partial charge in [-0.15, -0.1) is 0 Å². The van der Waals surface area contributed by atoms with Gasteiger partial charge in [-0.25, -0.2) is 24.0 Å². The molecule has 2 unspecified atom stereocenters. The van der Waals surface area contributed by atoms with E-state index in [9.17, 15) is 124 Å². The Morgan fingerprint density at radius 3 is 1.53 bits per heavy atom. The van der Waals surface area contributed by atoms with Crippen LogP contribution in [0.2, 0.25) is 0 Å². The van der Waals surface area contributed by atoms with E-state index in [0.29, 0.717) is 73.0 Å². The molecular weight excluding hydrogens is 1570 g/mol. The number of nitrogens with zero attached hydrogens (tertiary/aromatic N) is 4. The molecule has 0 aromatic heterocycles.